The molecule has 1 fully saturated rings. The summed E-state index contributed by atoms with van der Waals surface area (Å²) in [5.74, 6) is 3.70. The predicted molar refractivity (Wildman–Crippen MR) is 94.5 cm³/mol. The van der Waals surface area contributed by atoms with Gasteiger partial charge in [-0.25, -0.2) is 4.99 Å². The minimum absolute atomic E-state index is 0.385. The molecule has 2 unspecified atom stereocenters. The number of hydrogen-bond donors (Lipinski definition) is 2. The zero-order valence-electron chi connectivity index (χ0n) is 15.1. The van der Waals surface area contributed by atoms with Gasteiger partial charge in [0.2, 0.25) is 0 Å². The molecule has 1 aliphatic rings. The van der Waals surface area contributed by atoms with Crippen LogP contribution >= 0.6 is 0 Å². The summed E-state index contributed by atoms with van der Waals surface area (Å²) in [6.45, 7) is 11.1. The minimum atomic E-state index is 0.385. The van der Waals surface area contributed by atoms with Gasteiger partial charge in [0.1, 0.15) is 6.54 Å². The predicted octanol–water partition coefficient (Wildman–Crippen LogP) is 3.68. The molecular weight excluding hydrogens is 288 g/mol. The van der Waals surface area contributed by atoms with Crippen LogP contribution in [-0.2, 0) is 6.54 Å². The third-order valence-electron chi connectivity index (χ3n) is 4.51. The van der Waals surface area contributed by atoms with Gasteiger partial charge in [-0.05, 0) is 37.5 Å². The Balaban J connectivity index is 1.86. The van der Waals surface area contributed by atoms with Gasteiger partial charge >= 0.3 is 0 Å². The quantitative estimate of drug-likeness (QED) is 0.620. The molecule has 1 heterocycles. The summed E-state index contributed by atoms with van der Waals surface area (Å²) < 4.78 is 5.35. The average Bonchev–Trinajstić information content (AvgIpc) is 2.99. The second-order valence-electron chi connectivity index (χ2n) is 7.09. The maximum Gasteiger partial charge on any atom is 0.191 e. The van der Waals surface area contributed by atoms with E-state index >= 15 is 0 Å². The highest BCUT2D eigenvalue weighted by Crippen LogP contribution is 2.27. The van der Waals surface area contributed by atoms with Crippen molar-refractivity contribution in [2.45, 2.75) is 65.8 Å². The summed E-state index contributed by atoms with van der Waals surface area (Å²) >= 11 is 0. The van der Waals surface area contributed by atoms with Crippen molar-refractivity contribution in [1.82, 2.24) is 15.8 Å². The molecule has 0 aliphatic heterocycles. The summed E-state index contributed by atoms with van der Waals surface area (Å²) in [4.78, 5) is 4.62. The Bertz CT molecular complexity index is 495. The third kappa shape index (κ3) is 5.88. The number of nitrogens with one attached hydrogen (secondary N) is 2. The summed E-state index contributed by atoms with van der Waals surface area (Å²) in [6, 6.07) is 2.00. The molecule has 0 saturated heterocycles. The van der Waals surface area contributed by atoms with E-state index in [1.807, 2.05) is 6.07 Å². The molecule has 0 radical (unpaired) electrons. The molecule has 0 bridgehead atoms. The largest absolute Gasteiger partial charge is 0.359 e. The Kier molecular flexibility index (Phi) is 6.93. The molecule has 0 spiro atoms. The van der Waals surface area contributed by atoms with Crippen LogP contribution in [0.4, 0.5) is 0 Å². The van der Waals surface area contributed by atoms with Gasteiger partial charge in [-0.1, -0.05) is 38.8 Å². The fraction of sp³-hybridized carbons (Fsp3) is 0.778. The lowest BCUT2D eigenvalue weighted by molar-refractivity contribution is 0.282. The third-order valence-corrected chi connectivity index (χ3v) is 4.51. The molecule has 1 aromatic heterocycles. The van der Waals surface area contributed by atoms with E-state index in [1.54, 1.807) is 0 Å². The molecule has 23 heavy (non-hydrogen) atoms. The highest BCUT2D eigenvalue weighted by molar-refractivity contribution is 5.79. The van der Waals surface area contributed by atoms with Crippen molar-refractivity contribution in [1.29, 1.82) is 0 Å². The molecular formula is C18H32N4O. The second-order valence-corrected chi connectivity index (χ2v) is 7.09. The van der Waals surface area contributed by atoms with Crippen LogP contribution in [0.2, 0.25) is 0 Å². The van der Waals surface area contributed by atoms with E-state index < -0.39 is 0 Å². The number of aromatic nitrogens is 1. The standard InChI is InChI=1S/C18H32N4O/c1-5-19-18(20-11-15-8-6-7-14(4)9-15)21-12-16-10-17(13(2)3)22-23-16/h10,13-15H,5-9,11-12H2,1-4H3,(H2,19,20,21). The lowest BCUT2D eigenvalue weighted by Crippen LogP contribution is -2.40. The average molecular weight is 320 g/mol. The van der Waals surface area contributed by atoms with E-state index in [9.17, 15) is 0 Å². The van der Waals surface area contributed by atoms with Crippen molar-refractivity contribution in [2.75, 3.05) is 13.1 Å². The molecule has 2 atom stereocenters. The summed E-state index contributed by atoms with van der Waals surface area (Å²) in [6.07, 6.45) is 5.40. The van der Waals surface area contributed by atoms with Crippen molar-refractivity contribution in [3.05, 3.63) is 17.5 Å². The van der Waals surface area contributed by atoms with Gasteiger partial charge in [-0.3, -0.25) is 0 Å². The SMILES string of the molecule is CCNC(=NCc1cc(C(C)C)no1)NCC1CCCC(C)C1. The summed E-state index contributed by atoms with van der Waals surface area (Å²) in [7, 11) is 0. The van der Waals surface area contributed by atoms with Crippen LogP contribution in [0.1, 0.15) is 70.8 Å². The first-order chi connectivity index (χ1) is 11.1. The molecule has 1 aromatic rings. The summed E-state index contributed by atoms with van der Waals surface area (Å²) in [5, 5.41) is 10.9. The van der Waals surface area contributed by atoms with Gasteiger partial charge in [-0.2, -0.15) is 0 Å². The van der Waals surface area contributed by atoms with Crippen LogP contribution < -0.4 is 10.6 Å². The lowest BCUT2D eigenvalue weighted by Gasteiger charge is -2.27. The maximum absolute atomic E-state index is 5.35. The van der Waals surface area contributed by atoms with E-state index in [2.05, 4.69) is 48.5 Å². The Hall–Kier alpha value is -1.52. The first-order valence-electron chi connectivity index (χ1n) is 9.06. The van der Waals surface area contributed by atoms with E-state index in [0.717, 1.165) is 42.3 Å². The topological polar surface area (TPSA) is 62.5 Å². The zero-order valence-corrected chi connectivity index (χ0v) is 15.1. The van der Waals surface area contributed by atoms with Crippen molar-refractivity contribution in [3.63, 3.8) is 0 Å². The highest BCUT2D eigenvalue weighted by atomic mass is 16.5. The van der Waals surface area contributed by atoms with Crippen LogP contribution in [0.25, 0.3) is 0 Å². The monoisotopic (exact) mass is 320 g/mol. The molecule has 5 heteroatoms. The van der Waals surface area contributed by atoms with Gasteiger partial charge in [0.05, 0.1) is 5.69 Å². The normalized spacial score (nSPS) is 22.4. The molecule has 2 N–H and O–H groups in total. The van der Waals surface area contributed by atoms with Crippen LogP contribution in [0.5, 0.6) is 0 Å². The molecule has 2 rings (SSSR count). The van der Waals surface area contributed by atoms with Crippen molar-refractivity contribution >= 4 is 5.96 Å². The van der Waals surface area contributed by atoms with E-state index in [-0.39, 0.29) is 0 Å². The zero-order chi connectivity index (χ0) is 16.7. The molecule has 1 saturated carbocycles. The molecule has 130 valence electrons. The fourth-order valence-electron chi connectivity index (χ4n) is 3.16. The van der Waals surface area contributed by atoms with E-state index in [1.165, 1.54) is 25.7 Å². The first-order valence-corrected chi connectivity index (χ1v) is 9.06. The van der Waals surface area contributed by atoms with Crippen molar-refractivity contribution < 1.29 is 4.52 Å². The Morgan fingerprint density at radius 2 is 2.22 bits per heavy atom. The van der Waals surface area contributed by atoms with Crippen LogP contribution in [0.3, 0.4) is 0 Å². The van der Waals surface area contributed by atoms with Gasteiger partial charge in [-0.15, -0.1) is 0 Å². The lowest BCUT2D eigenvalue weighted by atomic mass is 9.82. The smallest absolute Gasteiger partial charge is 0.191 e. The molecule has 0 amide bonds. The molecule has 1 aliphatic carbocycles. The summed E-state index contributed by atoms with van der Waals surface area (Å²) in [5.41, 5.74) is 0.990. The van der Waals surface area contributed by atoms with Gasteiger partial charge < -0.3 is 15.2 Å². The number of hydrogen-bond acceptors (Lipinski definition) is 3. The maximum atomic E-state index is 5.35. The minimum Gasteiger partial charge on any atom is -0.359 e. The Morgan fingerprint density at radius 1 is 1.39 bits per heavy atom. The second kappa shape index (κ2) is 8.94. The van der Waals surface area contributed by atoms with Crippen LogP contribution in [0.15, 0.2) is 15.6 Å². The van der Waals surface area contributed by atoms with Crippen LogP contribution in [-0.4, -0.2) is 24.2 Å². The Morgan fingerprint density at radius 3 is 2.87 bits per heavy atom. The number of aliphatic imine (C=N–C) groups is 1. The van der Waals surface area contributed by atoms with E-state index in [4.69, 9.17) is 4.52 Å². The van der Waals surface area contributed by atoms with Gasteiger partial charge in [0.15, 0.2) is 11.7 Å². The number of nitrogens with zero attached hydrogens (tertiary/aromatic N) is 2. The van der Waals surface area contributed by atoms with Crippen molar-refractivity contribution in [2.24, 2.45) is 16.8 Å². The first kappa shape index (κ1) is 17.8. The number of guanidine groups is 1. The molecule has 5 nitrogen and oxygen atoms in total. The highest BCUT2D eigenvalue weighted by Gasteiger charge is 2.18. The van der Waals surface area contributed by atoms with E-state index in [0.29, 0.717) is 12.5 Å². The van der Waals surface area contributed by atoms with Crippen molar-refractivity contribution in [3.8, 4) is 0 Å². The number of rotatable bonds is 6. The van der Waals surface area contributed by atoms with Gasteiger partial charge in [0.25, 0.3) is 0 Å². The fourth-order valence-corrected chi connectivity index (χ4v) is 3.16. The molecule has 0 aromatic carbocycles. The van der Waals surface area contributed by atoms with Crippen LogP contribution in [0, 0.1) is 11.8 Å². The Labute approximate surface area is 140 Å². The van der Waals surface area contributed by atoms with Gasteiger partial charge in [0, 0.05) is 19.2 Å².